The fourth-order valence-corrected chi connectivity index (χ4v) is 5.59. The monoisotopic (exact) mass is 548 g/mol. The molecular weight excluding hydrogens is 519 g/mol. The molecule has 0 radical (unpaired) electrons. The van der Waals surface area contributed by atoms with Crippen molar-refractivity contribution in [3.63, 3.8) is 0 Å². The highest BCUT2D eigenvalue weighted by atomic mass is 19.1. The zero-order chi connectivity index (χ0) is 28.6. The maximum absolute atomic E-state index is 15.2. The molecule has 0 N–H and O–H groups in total. The van der Waals surface area contributed by atoms with E-state index in [2.05, 4.69) is 4.90 Å². The number of non-ortho nitro benzene ring substituents is 1. The number of amides is 2. The third-order valence-corrected chi connectivity index (χ3v) is 7.68. The maximum Gasteiger partial charge on any atom is 0.269 e. The molecule has 0 unspecified atom stereocenters. The molecule has 2 aliphatic heterocycles. The number of piperazine rings is 1. The Balaban J connectivity index is 1.50. The predicted molar refractivity (Wildman–Crippen MR) is 145 cm³/mol. The molecule has 11 heteroatoms. The zero-order valence-corrected chi connectivity index (χ0v) is 22.4. The number of nitro groups is 1. The number of carbonyl (C=O) groups is 2. The first-order valence-electron chi connectivity index (χ1n) is 12.8. The Morgan fingerprint density at radius 1 is 0.950 bits per heavy atom. The Bertz CT molecular complexity index is 1460. The van der Waals surface area contributed by atoms with Gasteiger partial charge >= 0.3 is 0 Å². The van der Waals surface area contributed by atoms with Crippen LogP contribution in [0.5, 0.6) is 11.5 Å². The summed E-state index contributed by atoms with van der Waals surface area (Å²) in [5, 5.41) is 11.0. The van der Waals surface area contributed by atoms with Gasteiger partial charge in [-0.2, -0.15) is 0 Å². The second kappa shape index (κ2) is 10.8. The molecule has 0 bridgehead atoms. The van der Waals surface area contributed by atoms with Crippen LogP contribution < -0.4 is 14.4 Å². The summed E-state index contributed by atoms with van der Waals surface area (Å²) in [6, 6.07) is 14.8. The minimum Gasteiger partial charge on any atom is -0.493 e. The first-order chi connectivity index (χ1) is 19.2. The summed E-state index contributed by atoms with van der Waals surface area (Å²) in [7, 11) is 4.52. The molecule has 3 aromatic rings. The van der Waals surface area contributed by atoms with Gasteiger partial charge < -0.3 is 24.2 Å². The van der Waals surface area contributed by atoms with E-state index in [-0.39, 0.29) is 23.1 Å². The maximum atomic E-state index is 15.2. The fourth-order valence-electron chi connectivity index (χ4n) is 5.59. The van der Waals surface area contributed by atoms with Crippen LogP contribution in [0.25, 0.3) is 0 Å². The highest BCUT2D eigenvalue weighted by Crippen LogP contribution is 2.47. The van der Waals surface area contributed by atoms with Gasteiger partial charge in [-0.1, -0.05) is 18.2 Å². The molecule has 1 fully saturated rings. The van der Waals surface area contributed by atoms with Gasteiger partial charge in [0.2, 0.25) is 5.91 Å². The van der Waals surface area contributed by atoms with Gasteiger partial charge in [0.05, 0.1) is 31.1 Å². The van der Waals surface area contributed by atoms with E-state index in [0.29, 0.717) is 48.8 Å². The number of methoxy groups -OCH3 is 2. The van der Waals surface area contributed by atoms with E-state index in [1.54, 1.807) is 54.4 Å². The van der Waals surface area contributed by atoms with Crippen LogP contribution in [0.1, 0.15) is 33.4 Å². The van der Waals surface area contributed by atoms with Crippen molar-refractivity contribution < 1.29 is 28.4 Å². The van der Waals surface area contributed by atoms with Gasteiger partial charge in [-0.25, -0.2) is 4.39 Å². The number of nitrogens with zero attached hydrogens (tertiary/aromatic N) is 4. The number of anilines is 1. The fraction of sp³-hybridized carbons (Fsp3) is 0.310. The van der Waals surface area contributed by atoms with Gasteiger partial charge in [0.25, 0.3) is 11.6 Å². The van der Waals surface area contributed by atoms with Gasteiger partial charge in [0.15, 0.2) is 11.5 Å². The van der Waals surface area contributed by atoms with Gasteiger partial charge in [0, 0.05) is 62.2 Å². The minimum atomic E-state index is -0.889. The summed E-state index contributed by atoms with van der Waals surface area (Å²) >= 11 is 0. The summed E-state index contributed by atoms with van der Waals surface area (Å²) < 4.78 is 26.1. The summed E-state index contributed by atoms with van der Waals surface area (Å²) in [4.78, 5) is 43.6. The van der Waals surface area contributed by atoms with Crippen molar-refractivity contribution in [2.45, 2.75) is 12.0 Å². The number of carbonyl (C=O) groups excluding carboxylic acids is 2. The minimum absolute atomic E-state index is 0.0124. The van der Waals surface area contributed by atoms with Crippen molar-refractivity contribution >= 4 is 23.2 Å². The Morgan fingerprint density at radius 3 is 2.17 bits per heavy atom. The van der Waals surface area contributed by atoms with E-state index < -0.39 is 22.7 Å². The molecule has 2 amide bonds. The van der Waals surface area contributed by atoms with Crippen LogP contribution in [0.15, 0.2) is 60.7 Å². The van der Waals surface area contributed by atoms with E-state index >= 15 is 4.39 Å². The molecule has 0 aliphatic carbocycles. The molecule has 10 nitrogen and oxygen atoms in total. The molecule has 208 valence electrons. The standard InChI is InChI=1S/C29H29FN4O6/c1-31-27(20-6-4-5-7-23(20)30)26(21-16-24(39-2)25(40-3)17-22(21)28(31)35)29(36)33-14-12-32(13-15-33)18-8-10-19(11-9-18)34(37)38/h4-11,16-17,26-27H,12-15H2,1-3H3/t26-,27+/m1/s1. The lowest BCUT2D eigenvalue weighted by Crippen LogP contribution is -2.53. The van der Waals surface area contributed by atoms with Crippen LogP contribution in [0.2, 0.25) is 0 Å². The predicted octanol–water partition coefficient (Wildman–Crippen LogP) is 4.01. The highest BCUT2D eigenvalue weighted by Gasteiger charge is 2.46. The Hall–Kier alpha value is -4.67. The van der Waals surface area contributed by atoms with Crippen LogP contribution in [-0.2, 0) is 4.79 Å². The second-order valence-electron chi connectivity index (χ2n) is 9.74. The molecule has 0 aromatic heterocycles. The van der Waals surface area contributed by atoms with Crippen molar-refractivity contribution in [3.05, 3.63) is 93.3 Å². The third-order valence-electron chi connectivity index (χ3n) is 7.68. The molecule has 1 saturated heterocycles. The molecule has 2 atom stereocenters. The number of hydrogen-bond donors (Lipinski definition) is 0. The van der Waals surface area contributed by atoms with Crippen LogP contribution in [0, 0.1) is 15.9 Å². The smallest absolute Gasteiger partial charge is 0.269 e. The van der Waals surface area contributed by atoms with Gasteiger partial charge in [-0.3, -0.25) is 19.7 Å². The van der Waals surface area contributed by atoms with Crippen LogP contribution >= 0.6 is 0 Å². The molecule has 3 aromatic carbocycles. The van der Waals surface area contributed by atoms with E-state index in [1.165, 1.54) is 37.3 Å². The van der Waals surface area contributed by atoms with Crippen LogP contribution in [-0.4, -0.2) is 74.0 Å². The topological polar surface area (TPSA) is 105 Å². The molecule has 2 aliphatic rings. The first kappa shape index (κ1) is 26.9. The quantitative estimate of drug-likeness (QED) is 0.339. The molecule has 0 saturated carbocycles. The number of hydrogen-bond acceptors (Lipinski definition) is 7. The summed E-state index contributed by atoms with van der Waals surface area (Å²) in [5.74, 6) is -1.25. The van der Waals surface area contributed by atoms with Crippen molar-refractivity contribution in [3.8, 4) is 11.5 Å². The van der Waals surface area contributed by atoms with E-state index in [0.717, 1.165) is 5.69 Å². The van der Waals surface area contributed by atoms with Crippen molar-refractivity contribution in [2.24, 2.45) is 0 Å². The van der Waals surface area contributed by atoms with Gasteiger partial charge in [-0.15, -0.1) is 0 Å². The lowest BCUT2D eigenvalue weighted by molar-refractivity contribution is -0.384. The summed E-state index contributed by atoms with van der Waals surface area (Å²) in [6.45, 7) is 1.79. The highest BCUT2D eigenvalue weighted by molar-refractivity contribution is 6.02. The number of nitro benzene ring substituents is 1. The SMILES string of the molecule is COc1cc2c(cc1OC)[C@@H](C(=O)N1CCN(c3ccc([N+](=O)[O-])cc3)CC1)[C@H](c1ccccc1F)N(C)C2=O. The van der Waals surface area contributed by atoms with Crippen molar-refractivity contribution in [1.82, 2.24) is 9.80 Å². The second-order valence-corrected chi connectivity index (χ2v) is 9.74. The first-order valence-corrected chi connectivity index (χ1v) is 12.8. The van der Waals surface area contributed by atoms with E-state index in [9.17, 15) is 19.7 Å². The third kappa shape index (κ3) is 4.67. The number of halogens is 1. The number of benzene rings is 3. The molecule has 5 rings (SSSR count). The van der Waals surface area contributed by atoms with E-state index in [4.69, 9.17) is 9.47 Å². The molecule has 0 spiro atoms. The van der Waals surface area contributed by atoms with Gasteiger partial charge in [-0.05, 0) is 35.9 Å². The van der Waals surface area contributed by atoms with Crippen molar-refractivity contribution in [1.29, 1.82) is 0 Å². The molecule has 40 heavy (non-hydrogen) atoms. The summed E-state index contributed by atoms with van der Waals surface area (Å²) in [6.07, 6.45) is 0. The van der Waals surface area contributed by atoms with Crippen LogP contribution in [0.3, 0.4) is 0 Å². The Labute approximate surface area is 230 Å². The Morgan fingerprint density at radius 2 is 1.57 bits per heavy atom. The zero-order valence-electron chi connectivity index (χ0n) is 22.4. The molecule has 2 heterocycles. The number of rotatable bonds is 6. The molecular formula is C29H29FN4O6. The van der Waals surface area contributed by atoms with Gasteiger partial charge in [0.1, 0.15) is 5.82 Å². The van der Waals surface area contributed by atoms with Crippen LogP contribution in [0.4, 0.5) is 15.8 Å². The number of likely N-dealkylation sites (N-methyl/N-ethyl adjacent to an activating group) is 1. The number of ether oxygens (including phenoxy) is 2. The van der Waals surface area contributed by atoms with E-state index in [1.807, 2.05) is 0 Å². The number of fused-ring (bicyclic) bond motifs is 1. The van der Waals surface area contributed by atoms with Crippen molar-refractivity contribution in [2.75, 3.05) is 52.3 Å². The normalized spacial score (nSPS) is 18.8. The largest absolute Gasteiger partial charge is 0.493 e. The average molecular weight is 549 g/mol. The Kier molecular flexibility index (Phi) is 7.29. The average Bonchev–Trinajstić information content (AvgIpc) is 2.98. The lowest BCUT2D eigenvalue weighted by Gasteiger charge is -2.43. The lowest BCUT2D eigenvalue weighted by atomic mass is 9.78. The summed E-state index contributed by atoms with van der Waals surface area (Å²) in [5.41, 5.74) is 1.85.